The van der Waals surface area contributed by atoms with Gasteiger partial charge in [-0.1, -0.05) is 6.07 Å². The molecule has 14 heavy (non-hydrogen) atoms. The highest BCUT2D eigenvalue weighted by molar-refractivity contribution is 9.10. The van der Waals surface area contributed by atoms with Gasteiger partial charge in [-0.2, -0.15) is 0 Å². The maximum atomic E-state index is 10.9. The average molecular weight is 259 g/mol. The second-order valence-electron chi connectivity index (χ2n) is 2.62. The Morgan fingerprint density at radius 1 is 1.64 bits per heavy atom. The van der Waals surface area contributed by atoms with Gasteiger partial charge in [0.2, 0.25) is 0 Å². The number of nitrogens with two attached hydrogens (primary N) is 1. The molecule has 0 atom stereocenters. The Morgan fingerprint density at radius 2 is 2.36 bits per heavy atom. The largest absolute Gasteiger partial charge is 0.480 e. The molecule has 0 saturated carbocycles. The van der Waals surface area contributed by atoms with Crippen LogP contribution in [0.2, 0.25) is 0 Å². The summed E-state index contributed by atoms with van der Waals surface area (Å²) in [6.07, 6.45) is 0. The third kappa shape index (κ3) is 2.63. The van der Waals surface area contributed by atoms with Crippen LogP contribution in [0.3, 0.4) is 0 Å². The van der Waals surface area contributed by atoms with Crippen molar-refractivity contribution in [3.63, 3.8) is 0 Å². The lowest BCUT2D eigenvalue weighted by Gasteiger charge is -2.09. The van der Waals surface area contributed by atoms with Gasteiger partial charge in [-0.25, -0.2) is 0 Å². The van der Waals surface area contributed by atoms with Crippen molar-refractivity contribution in [1.82, 2.24) is 5.32 Å². The molecule has 1 aromatic rings. The number of anilines is 1. The van der Waals surface area contributed by atoms with Crippen LogP contribution in [-0.2, 0) is 4.79 Å². The highest BCUT2D eigenvalue weighted by atomic mass is 79.9. The highest BCUT2D eigenvalue weighted by Crippen LogP contribution is 2.30. The predicted molar refractivity (Wildman–Crippen MR) is 58.1 cm³/mol. The van der Waals surface area contributed by atoms with E-state index in [2.05, 4.69) is 21.2 Å². The Hall–Kier alpha value is -1.23. The topological polar surface area (TPSA) is 64.3 Å². The smallest absolute Gasteiger partial charge is 0.257 e. The van der Waals surface area contributed by atoms with Crippen LogP contribution < -0.4 is 15.8 Å². The summed E-state index contributed by atoms with van der Waals surface area (Å²) in [7, 11) is 1.55. The molecule has 0 aliphatic carbocycles. The van der Waals surface area contributed by atoms with Crippen molar-refractivity contribution in [2.45, 2.75) is 0 Å². The summed E-state index contributed by atoms with van der Waals surface area (Å²) in [5.74, 6) is 0.302. The Morgan fingerprint density at radius 3 is 2.93 bits per heavy atom. The summed E-state index contributed by atoms with van der Waals surface area (Å²) in [5, 5.41) is 2.45. The van der Waals surface area contributed by atoms with E-state index in [9.17, 15) is 4.79 Å². The van der Waals surface area contributed by atoms with E-state index in [0.29, 0.717) is 11.4 Å². The fourth-order valence-electron chi connectivity index (χ4n) is 0.888. The van der Waals surface area contributed by atoms with Gasteiger partial charge in [-0.15, -0.1) is 0 Å². The van der Waals surface area contributed by atoms with Crippen LogP contribution in [0.25, 0.3) is 0 Å². The summed E-state index contributed by atoms with van der Waals surface area (Å²) in [6, 6.07) is 5.31. The second-order valence-corrected chi connectivity index (χ2v) is 3.47. The number of halogens is 1. The standard InChI is InChI=1S/C9H11BrN2O2/c1-12-8(13)5-14-9-6(10)3-2-4-7(9)11/h2-4H,5,11H2,1H3,(H,12,13). The number of carbonyl (C=O) groups excluding carboxylic acids is 1. The van der Waals surface area contributed by atoms with E-state index in [1.807, 2.05) is 0 Å². The number of para-hydroxylation sites is 1. The van der Waals surface area contributed by atoms with E-state index in [1.54, 1.807) is 25.2 Å². The average Bonchev–Trinajstić information content (AvgIpc) is 2.16. The summed E-state index contributed by atoms with van der Waals surface area (Å²) < 4.78 is 5.97. The van der Waals surface area contributed by atoms with Gasteiger partial charge in [-0.3, -0.25) is 4.79 Å². The molecule has 1 rings (SSSR count). The number of carbonyl (C=O) groups is 1. The maximum absolute atomic E-state index is 10.9. The molecular weight excluding hydrogens is 248 g/mol. The minimum absolute atomic E-state index is 0.0384. The lowest BCUT2D eigenvalue weighted by Crippen LogP contribution is -2.25. The lowest BCUT2D eigenvalue weighted by atomic mass is 10.3. The van der Waals surface area contributed by atoms with Crippen molar-refractivity contribution in [1.29, 1.82) is 0 Å². The van der Waals surface area contributed by atoms with Crippen molar-refractivity contribution in [3.8, 4) is 5.75 Å². The van der Waals surface area contributed by atoms with E-state index in [1.165, 1.54) is 0 Å². The maximum Gasteiger partial charge on any atom is 0.257 e. The molecule has 76 valence electrons. The van der Waals surface area contributed by atoms with Crippen LogP contribution in [0.5, 0.6) is 5.75 Å². The SMILES string of the molecule is CNC(=O)COc1c(N)cccc1Br. The van der Waals surface area contributed by atoms with Gasteiger partial charge >= 0.3 is 0 Å². The molecule has 0 unspecified atom stereocenters. The molecule has 0 aliphatic rings. The van der Waals surface area contributed by atoms with Crippen molar-refractivity contribution in [2.24, 2.45) is 0 Å². The van der Waals surface area contributed by atoms with Crippen molar-refractivity contribution in [2.75, 3.05) is 19.4 Å². The number of hydrogen-bond acceptors (Lipinski definition) is 3. The number of nitrogens with one attached hydrogen (secondary N) is 1. The van der Waals surface area contributed by atoms with Crippen LogP contribution in [-0.4, -0.2) is 19.6 Å². The fourth-order valence-corrected chi connectivity index (χ4v) is 1.38. The summed E-state index contributed by atoms with van der Waals surface area (Å²) in [4.78, 5) is 10.9. The summed E-state index contributed by atoms with van der Waals surface area (Å²) >= 11 is 3.28. The molecule has 0 bridgehead atoms. The van der Waals surface area contributed by atoms with Crippen LogP contribution >= 0.6 is 15.9 Å². The molecule has 4 nitrogen and oxygen atoms in total. The van der Waals surface area contributed by atoms with E-state index in [0.717, 1.165) is 4.47 Å². The first-order valence-electron chi connectivity index (χ1n) is 4.02. The number of amides is 1. The molecule has 0 fully saturated rings. The first-order valence-corrected chi connectivity index (χ1v) is 4.82. The van der Waals surface area contributed by atoms with Gasteiger partial charge in [-0.05, 0) is 28.1 Å². The molecule has 0 aliphatic heterocycles. The van der Waals surface area contributed by atoms with E-state index in [-0.39, 0.29) is 12.5 Å². The van der Waals surface area contributed by atoms with Gasteiger partial charge in [0.25, 0.3) is 5.91 Å². The number of hydrogen-bond donors (Lipinski definition) is 2. The fraction of sp³-hybridized carbons (Fsp3) is 0.222. The van der Waals surface area contributed by atoms with Crippen molar-refractivity contribution >= 4 is 27.5 Å². The zero-order valence-electron chi connectivity index (χ0n) is 7.71. The van der Waals surface area contributed by atoms with E-state index in [4.69, 9.17) is 10.5 Å². The van der Waals surface area contributed by atoms with Gasteiger partial charge in [0, 0.05) is 7.05 Å². The first-order chi connectivity index (χ1) is 6.65. The first kappa shape index (κ1) is 10.8. The monoisotopic (exact) mass is 258 g/mol. The molecule has 1 aromatic carbocycles. The highest BCUT2D eigenvalue weighted by Gasteiger charge is 2.06. The molecule has 0 heterocycles. The van der Waals surface area contributed by atoms with Gasteiger partial charge in [0.05, 0.1) is 10.2 Å². The third-order valence-corrected chi connectivity index (χ3v) is 2.25. The van der Waals surface area contributed by atoms with E-state index < -0.39 is 0 Å². The van der Waals surface area contributed by atoms with Crippen LogP contribution in [0.15, 0.2) is 22.7 Å². The Kier molecular flexibility index (Phi) is 3.76. The van der Waals surface area contributed by atoms with Crippen molar-refractivity contribution in [3.05, 3.63) is 22.7 Å². The molecule has 3 N–H and O–H groups in total. The number of likely N-dealkylation sites (N-methyl/N-ethyl adjacent to an activating group) is 1. The Labute approximate surface area is 90.6 Å². The van der Waals surface area contributed by atoms with Gasteiger partial charge in [0.1, 0.15) is 0 Å². The lowest BCUT2D eigenvalue weighted by molar-refractivity contribution is -0.122. The third-order valence-electron chi connectivity index (χ3n) is 1.62. The molecule has 5 heteroatoms. The van der Waals surface area contributed by atoms with Crippen molar-refractivity contribution < 1.29 is 9.53 Å². The predicted octanol–water partition coefficient (Wildman–Crippen LogP) is 1.16. The number of ether oxygens (including phenoxy) is 1. The molecule has 0 radical (unpaired) electrons. The summed E-state index contributed by atoms with van der Waals surface area (Å²) in [6.45, 7) is -0.0384. The number of rotatable bonds is 3. The number of nitrogen functional groups attached to an aromatic ring is 1. The van der Waals surface area contributed by atoms with E-state index >= 15 is 0 Å². The molecule has 0 aromatic heterocycles. The van der Waals surface area contributed by atoms with Crippen LogP contribution in [0.1, 0.15) is 0 Å². The zero-order valence-corrected chi connectivity index (χ0v) is 9.30. The molecule has 0 spiro atoms. The minimum atomic E-state index is -0.194. The van der Waals surface area contributed by atoms with Crippen LogP contribution in [0, 0.1) is 0 Å². The summed E-state index contributed by atoms with van der Waals surface area (Å²) in [5.41, 5.74) is 6.17. The molecule has 0 saturated heterocycles. The Balaban J connectivity index is 2.71. The van der Waals surface area contributed by atoms with Gasteiger partial charge < -0.3 is 15.8 Å². The normalized spacial score (nSPS) is 9.57. The quantitative estimate of drug-likeness (QED) is 0.800. The second kappa shape index (κ2) is 4.85. The van der Waals surface area contributed by atoms with Gasteiger partial charge in [0.15, 0.2) is 12.4 Å². The molecular formula is C9H11BrN2O2. The van der Waals surface area contributed by atoms with Crippen LogP contribution in [0.4, 0.5) is 5.69 Å². The minimum Gasteiger partial charge on any atom is -0.480 e. The zero-order chi connectivity index (χ0) is 10.6. The molecule has 1 amide bonds. The number of benzene rings is 1. The Bertz CT molecular complexity index is 321.